The molecule has 1 aromatic carbocycles. The van der Waals surface area contributed by atoms with E-state index in [-0.39, 0.29) is 42.1 Å². The molecule has 186 valence electrons. The van der Waals surface area contributed by atoms with Gasteiger partial charge >= 0.3 is 6.09 Å². The quantitative estimate of drug-likeness (QED) is 0.394. The Morgan fingerprint density at radius 1 is 1.25 bits per heavy atom. The van der Waals surface area contributed by atoms with Crippen molar-refractivity contribution in [2.75, 3.05) is 17.2 Å². The Morgan fingerprint density at radius 2 is 2.03 bits per heavy atom. The van der Waals surface area contributed by atoms with Gasteiger partial charge in [-0.15, -0.1) is 10.2 Å². The number of nitrogens with two attached hydrogens (primary N) is 1. The van der Waals surface area contributed by atoms with Crippen molar-refractivity contribution in [3.8, 4) is 0 Å². The number of hydrogen-bond donors (Lipinski definition) is 3. The van der Waals surface area contributed by atoms with Gasteiger partial charge in [0, 0.05) is 12.6 Å². The summed E-state index contributed by atoms with van der Waals surface area (Å²) in [4.78, 5) is 42.2. The number of aromatic nitrogens is 5. The first kappa shape index (κ1) is 24.3. The van der Waals surface area contributed by atoms with Crippen LogP contribution in [0.4, 0.5) is 22.2 Å². The van der Waals surface area contributed by atoms with Crippen LogP contribution in [-0.2, 0) is 16.1 Å². The van der Waals surface area contributed by atoms with Gasteiger partial charge in [-0.05, 0) is 25.0 Å². The third-order valence-electron chi connectivity index (χ3n) is 5.68. The number of amides is 2. The topological polar surface area (TPSA) is 170 Å². The first-order valence-corrected chi connectivity index (χ1v) is 11.1. The number of hydrogen-bond acceptors (Lipinski definition) is 10. The molecule has 4 rings (SSSR count). The predicted molar refractivity (Wildman–Crippen MR) is 129 cm³/mol. The smallest absolute Gasteiger partial charge is 0.435 e. The molecule has 0 aliphatic carbocycles. The minimum Gasteiger partial charge on any atom is -0.443 e. The Labute approximate surface area is 206 Å². The molecule has 2 amide bonds. The summed E-state index contributed by atoms with van der Waals surface area (Å²) in [6.45, 7) is 6.08. The molecule has 0 spiro atoms. The number of ether oxygens (including phenoxy) is 1. The number of benzene rings is 1. The zero-order valence-electron chi connectivity index (χ0n) is 19.5. The third kappa shape index (κ3) is 5.46. The Bertz CT molecular complexity index is 1280. The fourth-order valence-electron chi connectivity index (χ4n) is 3.78. The van der Waals surface area contributed by atoms with E-state index in [1.807, 2.05) is 37.3 Å². The zero-order chi connectivity index (χ0) is 25.7. The summed E-state index contributed by atoms with van der Waals surface area (Å²) in [5, 5.41) is 17.9. The van der Waals surface area contributed by atoms with Gasteiger partial charge in [-0.1, -0.05) is 36.9 Å². The van der Waals surface area contributed by atoms with Crippen LogP contribution >= 0.6 is 0 Å². The van der Waals surface area contributed by atoms with Crippen LogP contribution in [-0.4, -0.2) is 66.4 Å². The lowest BCUT2D eigenvalue weighted by Gasteiger charge is -2.24. The number of rotatable bonds is 8. The molecule has 1 aliphatic rings. The Kier molecular flexibility index (Phi) is 7.18. The SMILES string of the molecule is C=CC(=O)N1CC[C@@H](Nc2nnc(C(N)=O)c(Nc3cnn(C(=O)OCc4ccccc4)c3)n2)[C@H]1C. The average molecular weight is 492 g/mol. The van der Waals surface area contributed by atoms with Gasteiger partial charge in [0.25, 0.3) is 5.91 Å². The molecule has 0 radical (unpaired) electrons. The molecule has 3 aromatic rings. The molecule has 0 bridgehead atoms. The average Bonchev–Trinajstić information content (AvgIpc) is 3.49. The van der Waals surface area contributed by atoms with E-state index in [0.29, 0.717) is 18.7 Å². The summed E-state index contributed by atoms with van der Waals surface area (Å²) in [6, 6.07) is 8.97. The van der Waals surface area contributed by atoms with Crippen LogP contribution in [0.1, 0.15) is 29.4 Å². The molecule has 2 aromatic heterocycles. The molecule has 0 saturated carbocycles. The van der Waals surface area contributed by atoms with Crippen LogP contribution in [0.2, 0.25) is 0 Å². The highest BCUT2D eigenvalue weighted by Gasteiger charge is 2.33. The lowest BCUT2D eigenvalue weighted by Crippen LogP contribution is -2.39. The number of carbonyl (C=O) groups excluding carboxylic acids is 3. The van der Waals surface area contributed by atoms with E-state index >= 15 is 0 Å². The summed E-state index contributed by atoms with van der Waals surface area (Å²) in [6.07, 6.45) is 4.01. The van der Waals surface area contributed by atoms with E-state index in [9.17, 15) is 14.4 Å². The molecule has 13 nitrogen and oxygen atoms in total. The highest BCUT2D eigenvalue weighted by molar-refractivity contribution is 5.96. The lowest BCUT2D eigenvalue weighted by atomic mass is 10.1. The van der Waals surface area contributed by atoms with Gasteiger partial charge < -0.3 is 26.0 Å². The summed E-state index contributed by atoms with van der Waals surface area (Å²) >= 11 is 0. The number of carbonyl (C=O) groups is 3. The normalized spacial score (nSPS) is 16.9. The van der Waals surface area contributed by atoms with E-state index in [4.69, 9.17) is 10.5 Å². The van der Waals surface area contributed by atoms with Crippen LogP contribution in [0.15, 0.2) is 55.4 Å². The number of anilines is 3. The first-order chi connectivity index (χ1) is 17.4. The van der Waals surface area contributed by atoms with Gasteiger partial charge in [-0.2, -0.15) is 14.8 Å². The van der Waals surface area contributed by atoms with Gasteiger partial charge in [0.15, 0.2) is 11.5 Å². The summed E-state index contributed by atoms with van der Waals surface area (Å²) in [5.41, 5.74) is 6.42. The monoisotopic (exact) mass is 491 g/mol. The van der Waals surface area contributed by atoms with Crippen LogP contribution in [0.3, 0.4) is 0 Å². The molecule has 1 fully saturated rings. The molecule has 1 aliphatic heterocycles. The van der Waals surface area contributed by atoms with E-state index in [2.05, 4.69) is 37.5 Å². The molecule has 13 heteroatoms. The second kappa shape index (κ2) is 10.6. The standard InChI is InChI=1S/C23H25N9O4/c1-3-18(33)31-10-9-17(14(31)2)27-22-28-21(19(20(24)34)29-30-22)26-16-11-25-32(12-16)23(35)36-13-15-7-5-4-6-8-15/h3-8,11-12,14,17H,1,9-10,13H2,2H3,(H2,24,34)(H2,26,27,28,30)/t14-,17-/m1/s1. The van der Waals surface area contributed by atoms with E-state index in [1.165, 1.54) is 18.5 Å². The van der Waals surface area contributed by atoms with Gasteiger partial charge in [-0.25, -0.2) is 4.79 Å². The fraction of sp³-hybridized carbons (Fsp3) is 0.261. The van der Waals surface area contributed by atoms with Crippen molar-refractivity contribution >= 4 is 35.4 Å². The predicted octanol–water partition coefficient (Wildman–Crippen LogP) is 1.68. The van der Waals surface area contributed by atoms with Gasteiger partial charge in [0.1, 0.15) is 6.61 Å². The first-order valence-electron chi connectivity index (χ1n) is 11.1. The highest BCUT2D eigenvalue weighted by Crippen LogP contribution is 2.23. The maximum Gasteiger partial charge on any atom is 0.435 e. The van der Waals surface area contributed by atoms with Crippen molar-refractivity contribution in [2.24, 2.45) is 5.73 Å². The maximum atomic E-state index is 12.3. The van der Waals surface area contributed by atoms with Crippen LogP contribution < -0.4 is 16.4 Å². The molecular weight excluding hydrogens is 466 g/mol. The third-order valence-corrected chi connectivity index (χ3v) is 5.68. The van der Waals surface area contributed by atoms with E-state index < -0.39 is 12.0 Å². The number of primary amides is 1. The summed E-state index contributed by atoms with van der Waals surface area (Å²) < 4.78 is 6.26. The van der Waals surface area contributed by atoms with Crippen molar-refractivity contribution in [3.05, 3.63) is 66.6 Å². The second-order valence-corrected chi connectivity index (χ2v) is 8.05. The van der Waals surface area contributed by atoms with Crippen molar-refractivity contribution in [2.45, 2.75) is 32.0 Å². The van der Waals surface area contributed by atoms with Crippen molar-refractivity contribution < 1.29 is 19.1 Å². The number of nitrogens with zero attached hydrogens (tertiary/aromatic N) is 6. The zero-order valence-corrected chi connectivity index (χ0v) is 19.5. The van der Waals surface area contributed by atoms with Crippen LogP contribution in [0.5, 0.6) is 0 Å². The van der Waals surface area contributed by atoms with Gasteiger partial charge in [-0.3, -0.25) is 9.59 Å². The van der Waals surface area contributed by atoms with Crippen LogP contribution in [0.25, 0.3) is 0 Å². The Morgan fingerprint density at radius 3 is 2.75 bits per heavy atom. The Balaban J connectivity index is 1.45. The van der Waals surface area contributed by atoms with Gasteiger partial charge in [0.05, 0.1) is 24.1 Å². The minimum atomic E-state index is -0.837. The molecule has 0 unspecified atom stereocenters. The van der Waals surface area contributed by atoms with Crippen molar-refractivity contribution in [3.63, 3.8) is 0 Å². The maximum absolute atomic E-state index is 12.3. The molecule has 1 saturated heterocycles. The summed E-state index contributed by atoms with van der Waals surface area (Å²) in [5.74, 6) is -0.823. The highest BCUT2D eigenvalue weighted by atomic mass is 16.6. The van der Waals surface area contributed by atoms with Gasteiger partial charge in [0.2, 0.25) is 11.9 Å². The number of likely N-dealkylation sites (tertiary alicyclic amines) is 1. The minimum absolute atomic E-state index is 0.0295. The molecule has 3 heterocycles. The molecule has 2 atom stereocenters. The molecule has 4 N–H and O–H groups in total. The number of nitrogens with one attached hydrogen (secondary N) is 2. The van der Waals surface area contributed by atoms with Crippen LogP contribution in [0, 0.1) is 0 Å². The Hall–Kier alpha value is -4.81. The van der Waals surface area contributed by atoms with E-state index in [1.54, 1.807) is 4.90 Å². The fourth-order valence-corrected chi connectivity index (χ4v) is 3.78. The lowest BCUT2D eigenvalue weighted by molar-refractivity contribution is -0.126. The molecular formula is C23H25N9O4. The second-order valence-electron chi connectivity index (χ2n) is 8.05. The van der Waals surface area contributed by atoms with Crippen molar-refractivity contribution in [1.82, 2.24) is 29.9 Å². The van der Waals surface area contributed by atoms with Crippen molar-refractivity contribution in [1.29, 1.82) is 0 Å². The molecule has 36 heavy (non-hydrogen) atoms. The van der Waals surface area contributed by atoms with E-state index in [0.717, 1.165) is 10.2 Å². The summed E-state index contributed by atoms with van der Waals surface area (Å²) in [7, 11) is 0. The largest absolute Gasteiger partial charge is 0.443 e.